The van der Waals surface area contributed by atoms with Crippen LogP contribution in [-0.2, 0) is 22.4 Å². The lowest BCUT2D eigenvalue weighted by Crippen LogP contribution is -2.45. The van der Waals surface area contributed by atoms with Gasteiger partial charge >= 0.3 is 5.97 Å². The number of hydrogen-bond donors (Lipinski definition) is 0. The molecule has 3 aliphatic rings. The highest BCUT2D eigenvalue weighted by Gasteiger charge is 2.43. The standard InChI is InChI=1S/C23H22N4O2.ClH/c24-14-17-15-4-3-5-16(15)22(27-19-7-2-1-6-18(19)25-21(17)27)26-12-10-23(11-13-26)9-8-20(28)29-23;/h1-2,6-7H,3-5,8-13H2;1H. The number of carbonyl (C=O) groups excluding carboxylic acids is 1. The normalized spacial score (nSPS) is 19.7. The molecule has 0 unspecified atom stereocenters. The van der Waals surface area contributed by atoms with Crippen LogP contribution >= 0.6 is 12.4 Å². The van der Waals surface area contributed by atoms with Crippen LogP contribution in [0.4, 0.5) is 5.82 Å². The van der Waals surface area contributed by atoms with Gasteiger partial charge in [-0.2, -0.15) is 5.26 Å². The number of imidazole rings is 1. The number of anilines is 1. The van der Waals surface area contributed by atoms with Gasteiger partial charge in [0.1, 0.15) is 17.5 Å². The zero-order valence-corrected chi connectivity index (χ0v) is 17.5. The Bertz CT molecular complexity index is 1220. The molecule has 30 heavy (non-hydrogen) atoms. The van der Waals surface area contributed by atoms with Crippen LogP contribution in [0.15, 0.2) is 24.3 Å². The van der Waals surface area contributed by atoms with E-state index >= 15 is 0 Å². The predicted molar refractivity (Wildman–Crippen MR) is 116 cm³/mol. The Balaban J connectivity index is 0.00000193. The number of aromatic nitrogens is 2. The van der Waals surface area contributed by atoms with Crippen molar-refractivity contribution in [3.05, 3.63) is 41.0 Å². The number of hydrogen-bond acceptors (Lipinski definition) is 5. The average Bonchev–Trinajstić information content (AvgIpc) is 3.45. The summed E-state index contributed by atoms with van der Waals surface area (Å²) in [7, 11) is 0. The van der Waals surface area contributed by atoms with Gasteiger partial charge in [0, 0.05) is 32.4 Å². The number of rotatable bonds is 1. The van der Waals surface area contributed by atoms with Crippen molar-refractivity contribution in [1.82, 2.24) is 9.38 Å². The highest BCUT2D eigenvalue weighted by atomic mass is 35.5. The summed E-state index contributed by atoms with van der Waals surface area (Å²) in [6, 6.07) is 10.6. The Kier molecular flexibility index (Phi) is 4.41. The molecular formula is C23H23ClN4O2. The van der Waals surface area contributed by atoms with Crippen molar-refractivity contribution < 1.29 is 9.53 Å². The molecule has 0 N–H and O–H groups in total. The van der Waals surface area contributed by atoms with Crippen molar-refractivity contribution in [1.29, 1.82) is 5.26 Å². The Morgan fingerprint density at radius 2 is 1.83 bits per heavy atom. The summed E-state index contributed by atoms with van der Waals surface area (Å²) in [5, 5.41) is 9.93. The molecule has 154 valence electrons. The molecule has 1 aliphatic carbocycles. The second-order valence-electron chi connectivity index (χ2n) is 8.52. The fourth-order valence-electron chi connectivity index (χ4n) is 5.55. The van der Waals surface area contributed by atoms with Gasteiger partial charge in [-0.3, -0.25) is 9.20 Å². The summed E-state index contributed by atoms with van der Waals surface area (Å²) in [6.07, 6.45) is 6.14. The van der Waals surface area contributed by atoms with Crippen molar-refractivity contribution >= 4 is 40.9 Å². The highest BCUT2D eigenvalue weighted by molar-refractivity contribution is 5.87. The maximum atomic E-state index is 11.7. The summed E-state index contributed by atoms with van der Waals surface area (Å²) in [6.45, 7) is 1.71. The molecule has 6 rings (SSSR count). The smallest absolute Gasteiger partial charge is 0.306 e. The topological polar surface area (TPSA) is 70.6 Å². The van der Waals surface area contributed by atoms with E-state index in [0.29, 0.717) is 6.42 Å². The number of ether oxygens (including phenoxy) is 1. The van der Waals surface area contributed by atoms with Gasteiger partial charge in [-0.15, -0.1) is 12.4 Å². The van der Waals surface area contributed by atoms with Crippen LogP contribution in [0.2, 0.25) is 0 Å². The first-order chi connectivity index (χ1) is 14.2. The third-order valence-corrected chi connectivity index (χ3v) is 6.99. The molecule has 3 aromatic rings. The summed E-state index contributed by atoms with van der Waals surface area (Å²) in [4.78, 5) is 19.0. The number of nitrogens with zero attached hydrogens (tertiary/aromatic N) is 4. The quantitative estimate of drug-likeness (QED) is 0.555. The minimum absolute atomic E-state index is 0. The summed E-state index contributed by atoms with van der Waals surface area (Å²) in [5.74, 6) is 1.14. The molecule has 0 saturated carbocycles. The van der Waals surface area contributed by atoms with E-state index < -0.39 is 0 Å². The van der Waals surface area contributed by atoms with Crippen LogP contribution < -0.4 is 4.90 Å². The lowest BCUT2D eigenvalue weighted by molar-refractivity contribution is -0.149. The van der Waals surface area contributed by atoms with Gasteiger partial charge in [0.05, 0.1) is 16.6 Å². The zero-order chi connectivity index (χ0) is 19.6. The van der Waals surface area contributed by atoms with E-state index in [-0.39, 0.29) is 24.0 Å². The molecule has 6 nitrogen and oxygen atoms in total. The van der Waals surface area contributed by atoms with Crippen molar-refractivity contribution in [3.8, 4) is 6.07 Å². The van der Waals surface area contributed by atoms with Gasteiger partial charge in [0.25, 0.3) is 0 Å². The van der Waals surface area contributed by atoms with Crippen LogP contribution in [0.3, 0.4) is 0 Å². The van der Waals surface area contributed by atoms with E-state index in [1.165, 1.54) is 16.9 Å². The third kappa shape index (κ3) is 2.61. The summed E-state index contributed by atoms with van der Waals surface area (Å²) < 4.78 is 7.92. The molecule has 7 heteroatoms. The molecule has 2 fully saturated rings. The predicted octanol–water partition coefficient (Wildman–Crippen LogP) is 3.95. The Hall–Kier alpha value is -2.78. The maximum absolute atomic E-state index is 11.7. The minimum atomic E-state index is -0.264. The van der Waals surface area contributed by atoms with Gasteiger partial charge in [0.2, 0.25) is 0 Å². The lowest BCUT2D eigenvalue weighted by atomic mass is 9.88. The Labute approximate surface area is 180 Å². The Morgan fingerprint density at radius 1 is 1.07 bits per heavy atom. The molecule has 1 spiro atoms. The molecule has 2 aliphatic heterocycles. The molecule has 0 bridgehead atoms. The van der Waals surface area contributed by atoms with Gasteiger partial charge in [0.15, 0.2) is 5.65 Å². The lowest BCUT2D eigenvalue weighted by Gasteiger charge is -2.40. The van der Waals surface area contributed by atoms with E-state index in [1.807, 2.05) is 18.2 Å². The number of esters is 1. The first kappa shape index (κ1) is 19.2. The number of benzene rings is 1. The van der Waals surface area contributed by atoms with Gasteiger partial charge in [-0.05, 0) is 48.9 Å². The Morgan fingerprint density at radius 3 is 2.57 bits per heavy atom. The molecular weight excluding hydrogens is 400 g/mol. The molecule has 2 aromatic heterocycles. The van der Waals surface area contributed by atoms with Crippen LogP contribution in [0.1, 0.15) is 48.8 Å². The van der Waals surface area contributed by atoms with E-state index in [2.05, 4.69) is 21.4 Å². The van der Waals surface area contributed by atoms with Gasteiger partial charge < -0.3 is 9.64 Å². The van der Waals surface area contributed by atoms with E-state index in [4.69, 9.17) is 9.72 Å². The average molecular weight is 423 g/mol. The SMILES string of the molecule is Cl.N#Cc1c2c(c(N3CCC4(CCC(=O)O4)CC3)n3c1nc1ccccc13)CCC2. The van der Waals surface area contributed by atoms with E-state index in [1.54, 1.807) is 0 Å². The second kappa shape index (κ2) is 6.88. The molecule has 0 amide bonds. The number of para-hydroxylation sites is 2. The van der Waals surface area contributed by atoms with Crippen LogP contribution in [-0.4, -0.2) is 34.0 Å². The molecule has 0 radical (unpaired) electrons. The first-order valence-corrected chi connectivity index (χ1v) is 10.5. The van der Waals surface area contributed by atoms with Gasteiger partial charge in [-0.25, -0.2) is 4.98 Å². The fraction of sp³-hybridized carbons (Fsp3) is 0.435. The first-order valence-electron chi connectivity index (χ1n) is 10.5. The molecule has 0 atom stereocenters. The fourth-order valence-corrected chi connectivity index (χ4v) is 5.55. The van der Waals surface area contributed by atoms with Crippen LogP contribution in [0, 0.1) is 11.3 Å². The number of nitriles is 1. The van der Waals surface area contributed by atoms with Crippen molar-refractivity contribution in [2.45, 2.75) is 50.5 Å². The number of halogens is 1. The third-order valence-electron chi connectivity index (χ3n) is 6.99. The largest absolute Gasteiger partial charge is 0.459 e. The van der Waals surface area contributed by atoms with Crippen LogP contribution in [0.5, 0.6) is 0 Å². The van der Waals surface area contributed by atoms with Crippen molar-refractivity contribution in [2.24, 2.45) is 0 Å². The maximum Gasteiger partial charge on any atom is 0.306 e. The monoisotopic (exact) mass is 422 g/mol. The number of carbonyl (C=O) groups is 1. The summed E-state index contributed by atoms with van der Waals surface area (Å²) in [5.41, 5.74) is 5.70. The van der Waals surface area contributed by atoms with E-state index in [0.717, 1.165) is 73.9 Å². The van der Waals surface area contributed by atoms with E-state index in [9.17, 15) is 10.1 Å². The van der Waals surface area contributed by atoms with Crippen molar-refractivity contribution in [2.75, 3.05) is 18.0 Å². The van der Waals surface area contributed by atoms with Crippen molar-refractivity contribution in [3.63, 3.8) is 0 Å². The zero-order valence-electron chi connectivity index (χ0n) is 16.7. The molecule has 4 heterocycles. The minimum Gasteiger partial charge on any atom is -0.459 e. The van der Waals surface area contributed by atoms with Gasteiger partial charge in [-0.1, -0.05) is 12.1 Å². The number of piperidine rings is 1. The molecule has 2 saturated heterocycles. The highest BCUT2D eigenvalue weighted by Crippen LogP contribution is 2.42. The molecule has 1 aromatic carbocycles. The summed E-state index contributed by atoms with van der Waals surface area (Å²) >= 11 is 0. The number of pyridine rings is 1. The second-order valence-corrected chi connectivity index (χ2v) is 8.52. The number of fused-ring (bicyclic) bond motifs is 4. The van der Waals surface area contributed by atoms with Crippen LogP contribution in [0.25, 0.3) is 16.7 Å².